The van der Waals surface area contributed by atoms with E-state index in [1.54, 1.807) is 32.4 Å². The van der Waals surface area contributed by atoms with Gasteiger partial charge in [0.1, 0.15) is 5.75 Å². The van der Waals surface area contributed by atoms with Crippen LogP contribution in [0.4, 0.5) is 5.69 Å². The fourth-order valence-electron chi connectivity index (χ4n) is 1.68. The van der Waals surface area contributed by atoms with Crippen LogP contribution in [0.15, 0.2) is 42.5 Å². The number of hydrazine groups is 1. The number of hydrogen-bond acceptors (Lipinski definition) is 5. The maximum Gasteiger partial charge on any atom is 0.164 e. The van der Waals surface area contributed by atoms with Gasteiger partial charge in [-0.05, 0) is 24.3 Å². The molecule has 0 aliphatic rings. The van der Waals surface area contributed by atoms with Crippen LogP contribution < -0.4 is 25.5 Å². The summed E-state index contributed by atoms with van der Waals surface area (Å²) in [4.78, 5) is 0. The Labute approximate surface area is 111 Å². The Morgan fingerprint density at radius 1 is 0.895 bits per heavy atom. The summed E-state index contributed by atoms with van der Waals surface area (Å²) in [7, 11) is 3.17. The number of methoxy groups -OCH3 is 2. The zero-order valence-corrected chi connectivity index (χ0v) is 10.8. The summed E-state index contributed by atoms with van der Waals surface area (Å²) in [6, 6.07) is 12.7. The molecule has 0 saturated heterocycles. The van der Waals surface area contributed by atoms with Crippen molar-refractivity contribution in [3.63, 3.8) is 0 Å². The molecule has 0 radical (unpaired) electrons. The van der Waals surface area contributed by atoms with E-state index in [0.717, 1.165) is 0 Å². The van der Waals surface area contributed by atoms with Crippen molar-refractivity contribution in [2.24, 2.45) is 5.84 Å². The third-order valence-corrected chi connectivity index (χ3v) is 2.63. The molecule has 0 atom stereocenters. The third-order valence-electron chi connectivity index (χ3n) is 2.63. The fraction of sp³-hybridized carbons (Fsp3) is 0.143. The van der Waals surface area contributed by atoms with Crippen molar-refractivity contribution >= 4 is 5.69 Å². The standard InChI is InChI=1S/C14H16N2O3/c1-17-13-8-7-10(9-14(13)18-2)19-12-6-4-3-5-11(12)16-15/h3-9,16H,15H2,1-2H3. The lowest BCUT2D eigenvalue weighted by molar-refractivity contribution is 0.352. The molecule has 5 nitrogen and oxygen atoms in total. The van der Waals surface area contributed by atoms with Gasteiger partial charge in [-0.25, -0.2) is 0 Å². The molecule has 0 amide bonds. The maximum absolute atomic E-state index is 5.76. The lowest BCUT2D eigenvalue weighted by Crippen LogP contribution is -2.07. The zero-order chi connectivity index (χ0) is 13.7. The smallest absolute Gasteiger partial charge is 0.164 e. The molecule has 0 unspecified atom stereocenters. The Kier molecular flexibility index (Phi) is 4.10. The minimum atomic E-state index is 0.609. The van der Waals surface area contributed by atoms with Crippen molar-refractivity contribution in [3.8, 4) is 23.0 Å². The van der Waals surface area contributed by atoms with Gasteiger partial charge in [0.25, 0.3) is 0 Å². The number of anilines is 1. The zero-order valence-electron chi connectivity index (χ0n) is 10.8. The molecule has 19 heavy (non-hydrogen) atoms. The number of rotatable bonds is 5. The second-order valence-electron chi connectivity index (χ2n) is 3.76. The molecule has 0 aliphatic carbocycles. The Balaban J connectivity index is 2.28. The van der Waals surface area contributed by atoms with Gasteiger partial charge in [-0.2, -0.15) is 0 Å². The van der Waals surface area contributed by atoms with E-state index in [2.05, 4.69) is 5.43 Å². The van der Waals surface area contributed by atoms with E-state index in [-0.39, 0.29) is 0 Å². The molecule has 0 spiro atoms. The molecular weight excluding hydrogens is 244 g/mol. The number of benzene rings is 2. The van der Waals surface area contributed by atoms with Crippen molar-refractivity contribution in [1.29, 1.82) is 0 Å². The number of nitrogens with two attached hydrogens (primary N) is 1. The first-order chi connectivity index (χ1) is 9.28. The van der Waals surface area contributed by atoms with Gasteiger partial charge in [-0.1, -0.05) is 12.1 Å². The molecular formula is C14H16N2O3. The van der Waals surface area contributed by atoms with Crippen LogP contribution in [0.5, 0.6) is 23.0 Å². The highest BCUT2D eigenvalue weighted by molar-refractivity contribution is 5.57. The van der Waals surface area contributed by atoms with Crippen LogP contribution in [-0.4, -0.2) is 14.2 Å². The van der Waals surface area contributed by atoms with Crippen molar-refractivity contribution in [2.75, 3.05) is 19.6 Å². The van der Waals surface area contributed by atoms with Crippen LogP contribution in [-0.2, 0) is 0 Å². The Morgan fingerprint density at radius 2 is 1.63 bits per heavy atom. The Hall–Kier alpha value is -2.40. The van der Waals surface area contributed by atoms with Gasteiger partial charge in [0, 0.05) is 6.07 Å². The maximum atomic E-state index is 5.76. The number of nitrogens with one attached hydrogen (secondary N) is 1. The Morgan fingerprint density at radius 3 is 2.32 bits per heavy atom. The minimum absolute atomic E-state index is 0.609. The van der Waals surface area contributed by atoms with Crippen LogP contribution in [0.25, 0.3) is 0 Å². The highest BCUT2D eigenvalue weighted by Crippen LogP contribution is 2.34. The van der Waals surface area contributed by atoms with Crippen LogP contribution in [0.2, 0.25) is 0 Å². The van der Waals surface area contributed by atoms with E-state index in [0.29, 0.717) is 28.7 Å². The first-order valence-electron chi connectivity index (χ1n) is 5.74. The number of nitrogen functional groups attached to an aromatic ring is 1. The molecule has 2 rings (SSSR count). The van der Waals surface area contributed by atoms with Crippen molar-refractivity contribution in [3.05, 3.63) is 42.5 Å². The SMILES string of the molecule is COc1ccc(Oc2ccccc2NN)cc1OC. The van der Waals surface area contributed by atoms with Gasteiger partial charge in [0.05, 0.1) is 19.9 Å². The van der Waals surface area contributed by atoms with Gasteiger partial charge >= 0.3 is 0 Å². The van der Waals surface area contributed by atoms with Gasteiger partial charge in [-0.15, -0.1) is 0 Å². The van der Waals surface area contributed by atoms with E-state index in [4.69, 9.17) is 20.1 Å². The first kappa shape index (κ1) is 13.0. The molecule has 0 aromatic heterocycles. The minimum Gasteiger partial charge on any atom is -0.493 e. The summed E-state index contributed by atoms with van der Waals surface area (Å²) in [6.45, 7) is 0. The number of hydrogen-bond donors (Lipinski definition) is 2. The topological polar surface area (TPSA) is 65.7 Å². The van der Waals surface area contributed by atoms with Crippen molar-refractivity contribution < 1.29 is 14.2 Å². The second kappa shape index (κ2) is 5.97. The third kappa shape index (κ3) is 2.89. The average molecular weight is 260 g/mol. The molecule has 100 valence electrons. The molecule has 0 fully saturated rings. The van der Waals surface area contributed by atoms with E-state index in [1.165, 1.54) is 0 Å². The summed E-state index contributed by atoms with van der Waals surface area (Å²) >= 11 is 0. The molecule has 3 N–H and O–H groups in total. The van der Waals surface area contributed by atoms with Crippen molar-refractivity contribution in [1.82, 2.24) is 0 Å². The fourth-order valence-corrected chi connectivity index (χ4v) is 1.68. The number of ether oxygens (including phenoxy) is 3. The van der Waals surface area contributed by atoms with Crippen LogP contribution >= 0.6 is 0 Å². The molecule has 0 heterocycles. The largest absolute Gasteiger partial charge is 0.493 e. The molecule has 0 bridgehead atoms. The van der Waals surface area contributed by atoms with Crippen LogP contribution in [0.1, 0.15) is 0 Å². The molecule has 0 aliphatic heterocycles. The number of para-hydroxylation sites is 2. The average Bonchev–Trinajstić information content (AvgIpc) is 2.47. The predicted octanol–water partition coefficient (Wildman–Crippen LogP) is 2.78. The lowest BCUT2D eigenvalue weighted by atomic mass is 10.2. The molecule has 2 aromatic rings. The van der Waals surface area contributed by atoms with Crippen LogP contribution in [0, 0.1) is 0 Å². The Bertz CT molecular complexity index is 558. The van der Waals surface area contributed by atoms with Crippen LogP contribution in [0.3, 0.4) is 0 Å². The monoisotopic (exact) mass is 260 g/mol. The van der Waals surface area contributed by atoms with E-state index >= 15 is 0 Å². The summed E-state index contributed by atoms with van der Waals surface area (Å²) in [5, 5.41) is 0. The predicted molar refractivity (Wildman–Crippen MR) is 73.9 cm³/mol. The van der Waals surface area contributed by atoms with Gasteiger partial charge < -0.3 is 19.6 Å². The quantitative estimate of drug-likeness (QED) is 0.639. The molecule has 2 aromatic carbocycles. The molecule has 0 saturated carbocycles. The molecule has 5 heteroatoms. The van der Waals surface area contributed by atoms with E-state index in [1.807, 2.05) is 24.3 Å². The summed E-state index contributed by atoms with van der Waals surface area (Å²) in [5.41, 5.74) is 3.29. The van der Waals surface area contributed by atoms with E-state index in [9.17, 15) is 0 Å². The summed E-state index contributed by atoms with van der Waals surface area (Å²) in [5.74, 6) is 7.97. The normalized spacial score (nSPS) is 9.84. The summed E-state index contributed by atoms with van der Waals surface area (Å²) < 4.78 is 16.2. The first-order valence-corrected chi connectivity index (χ1v) is 5.74. The highest BCUT2D eigenvalue weighted by Gasteiger charge is 2.07. The van der Waals surface area contributed by atoms with Gasteiger partial charge in [0.2, 0.25) is 0 Å². The van der Waals surface area contributed by atoms with Gasteiger partial charge in [-0.3, -0.25) is 5.84 Å². The van der Waals surface area contributed by atoms with Crippen molar-refractivity contribution in [2.45, 2.75) is 0 Å². The highest BCUT2D eigenvalue weighted by atomic mass is 16.5. The van der Waals surface area contributed by atoms with Gasteiger partial charge in [0.15, 0.2) is 17.2 Å². The summed E-state index contributed by atoms with van der Waals surface area (Å²) in [6.07, 6.45) is 0. The second-order valence-corrected chi connectivity index (χ2v) is 3.76. The lowest BCUT2D eigenvalue weighted by Gasteiger charge is -2.12. The van der Waals surface area contributed by atoms with E-state index < -0.39 is 0 Å².